The van der Waals surface area contributed by atoms with Gasteiger partial charge in [0.15, 0.2) is 0 Å². The first kappa shape index (κ1) is 20.3. The number of nitrogens with one attached hydrogen (secondary N) is 2. The lowest BCUT2D eigenvalue weighted by atomic mass is 10.0. The smallest absolute Gasteiger partial charge is 0.305 e. The SMILES string of the molecule is O=C(O)CC(NC(=O)c1cc(=O)n(-c2ccccc2F)[nH]1)c1cccc(Cl)c1F. The molecular weight excluding hydrogens is 408 g/mol. The number of amides is 1. The van der Waals surface area contributed by atoms with E-state index in [1.54, 1.807) is 0 Å². The molecule has 1 amide bonds. The lowest BCUT2D eigenvalue weighted by Gasteiger charge is -2.18. The summed E-state index contributed by atoms with van der Waals surface area (Å²) < 4.78 is 29.1. The van der Waals surface area contributed by atoms with Gasteiger partial charge >= 0.3 is 5.97 Å². The lowest BCUT2D eigenvalue weighted by molar-refractivity contribution is -0.137. The van der Waals surface area contributed by atoms with E-state index in [0.29, 0.717) is 0 Å². The Bertz CT molecular complexity index is 1140. The van der Waals surface area contributed by atoms with Gasteiger partial charge in [0.2, 0.25) is 0 Å². The number of halogens is 3. The van der Waals surface area contributed by atoms with Crippen molar-refractivity contribution in [3.63, 3.8) is 0 Å². The van der Waals surface area contributed by atoms with Crippen LogP contribution in [-0.2, 0) is 4.79 Å². The van der Waals surface area contributed by atoms with Crippen LogP contribution in [0.15, 0.2) is 53.3 Å². The second-order valence-electron chi connectivity index (χ2n) is 6.06. The zero-order valence-corrected chi connectivity index (χ0v) is 15.4. The van der Waals surface area contributed by atoms with Crippen molar-refractivity contribution in [2.24, 2.45) is 0 Å². The molecule has 1 unspecified atom stereocenters. The van der Waals surface area contributed by atoms with Crippen LogP contribution in [0.2, 0.25) is 5.02 Å². The molecular formula is C19H14ClF2N3O4. The maximum absolute atomic E-state index is 14.3. The highest BCUT2D eigenvalue weighted by Crippen LogP contribution is 2.25. The number of carbonyl (C=O) groups excluding carboxylic acids is 1. The van der Waals surface area contributed by atoms with Crippen LogP contribution >= 0.6 is 11.6 Å². The van der Waals surface area contributed by atoms with Gasteiger partial charge in [0.1, 0.15) is 23.0 Å². The molecule has 1 atom stereocenters. The molecule has 1 aromatic heterocycles. The topological polar surface area (TPSA) is 104 Å². The molecule has 3 aromatic rings. The van der Waals surface area contributed by atoms with E-state index in [2.05, 4.69) is 10.4 Å². The number of carboxylic acid groups (broad SMARTS) is 1. The van der Waals surface area contributed by atoms with Gasteiger partial charge in [-0.2, -0.15) is 0 Å². The van der Waals surface area contributed by atoms with Crippen LogP contribution in [0.1, 0.15) is 28.5 Å². The van der Waals surface area contributed by atoms with Crippen molar-refractivity contribution in [3.05, 3.63) is 86.8 Å². The van der Waals surface area contributed by atoms with Crippen molar-refractivity contribution < 1.29 is 23.5 Å². The average Bonchev–Trinajstić information content (AvgIpc) is 3.05. The fraction of sp³-hybridized carbons (Fsp3) is 0.105. The van der Waals surface area contributed by atoms with E-state index in [-0.39, 0.29) is 22.0 Å². The Kier molecular flexibility index (Phi) is 5.79. The molecule has 0 saturated heterocycles. The number of carbonyl (C=O) groups is 2. The van der Waals surface area contributed by atoms with E-state index in [1.165, 1.54) is 36.4 Å². The van der Waals surface area contributed by atoms with Crippen molar-refractivity contribution >= 4 is 23.5 Å². The van der Waals surface area contributed by atoms with Crippen molar-refractivity contribution in [2.75, 3.05) is 0 Å². The Hall–Kier alpha value is -3.46. The first-order valence-electron chi connectivity index (χ1n) is 8.31. The number of para-hydroxylation sites is 1. The van der Waals surface area contributed by atoms with Crippen molar-refractivity contribution in [1.82, 2.24) is 15.1 Å². The molecule has 0 fully saturated rings. The molecule has 150 valence electrons. The quantitative estimate of drug-likeness (QED) is 0.569. The molecule has 7 nitrogen and oxygen atoms in total. The monoisotopic (exact) mass is 421 g/mol. The first-order valence-corrected chi connectivity index (χ1v) is 8.69. The minimum absolute atomic E-state index is 0.0977. The predicted molar refractivity (Wildman–Crippen MR) is 100 cm³/mol. The van der Waals surface area contributed by atoms with E-state index < -0.39 is 41.5 Å². The fourth-order valence-electron chi connectivity index (χ4n) is 2.76. The summed E-state index contributed by atoms with van der Waals surface area (Å²) in [5, 5.41) is 13.7. The van der Waals surface area contributed by atoms with E-state index in [9.17, 15) is 23.2 Å². The van der Waals surface area contributed by atoms with Gasteiger partial charge in [0.25, 0.3) is 11.5 Å². The van der Waals surface area contributed by atoms with Crippen LogP contribution in [-0.4, -0.2) is 26.8 Å². The van der Waals surface area contributed by atoms with Gasteiger partial charge in [-0.25, -0.2) is 13.5 Å². The highest BCUT2D eigenvalue weighted by atomic mass is 35.5. The molecule has 10 heteroatoms. The van der Waals surface area contributed by atoms with Gasteiger partial charge < -0.3 is 10.4 Å². The Morgan fingerprint density at radius 3 is 2.59 bits per heavy atom. The van der Waals surface area contributed by atoms with E-state index in [4.69, 9.17) is 16.7 Å². The Morgan fingerprint density at radius 1 is 1.17 bits per heavy atom. The largest absolute Gasteiger partial charge is 0.481 e. The molecule has 3 N–H and O–H groups in total. The van der Waals surface area contributed by atoms with Gasteiger partial charge in [-0.15, -0.1) is 0 Å². The molecule has 0 aliphatic heterocycles. The number of aromatic amines is 1. The zero-order valence-electron chi connectivity index (χ0n) is 14.7. The molecule has 0 spiro atoms. The molecule has 0 aliphatic rings. The first-order chi connectivity index (χ1) is 13.8. The number of hydrogen-bond donors (Lipinski definition) is 3. The molecule has 3 rings (SSSR count). The van der Waals surface area contributed by atoms with Crippen molar-refractivity contribution in [1.29, 1.82) is 0 Å². The third kappa shape index (κ3) is 4.35. The highest BCUT2D eigenvalue weighted by molar-refractivity contribution is 6.30. The number of carboxylic acids is 1. The number of rotatable bonds is 6. The summed E-state index contributed by atoms with van der Waals surface area (Å²) in [6.45, 7) is 0. The average molecular weight is 422 g/mol. The molecule has 0 radical (unpaired) electrons. The summed E-state index contributed by atoms with van der Waals surface area (Å²) in [6.07, 6.45) is -0.624. The Morgan fingerprint density at radius 2 is 1.90 bits per heavy atom. The maximum Gasteiger partial charge on any atom is 0.305 e. The Labute approximate surface area is 167 Å². The highest BCUT2D eigenvalue weighted by Gasteiger charge is 2.24. The molecule has 2 aromatic carbocycles. The molecule has 0 aliphatic carbocycles. The number of hydrogen-bond acceptors (Lipinski definition) is 3. The minimum Gasteiger partial charge on any atom is -0.481 e. The summed E-state index contributed by atoms with van der Waals surface area (Å²) >= 11 is 5.73. The van der Waals surface area contributed by atoms with Crippen molar-refractivity contribution in [2.45, 2.75) is 12.5 Å². The third-order valence-corrected chi connectivity index (χ3v) is 4.39. The van der Waals surface area contributed by atoms with Crippen LogP contribution in [0.5, 0.6) is 0 Å². The van der Waals surface area contributed by atoms with E-state index in [0.717, 1.165) is 16.8 Å². The molecule has 1 heterocycles. The number of aromatic nitrogens is 2. The zero-order chi connectivity index (χ0) is 21.1. The number of benzene rings is 2. The van der Waals surface area contributed by atoms with Gasteiger partial charge in [-0.3, -0.25) is 19.5 Å². The van der Waals surface area contributed by atoms with Crippen LogP contribution in [0.3, 0.4) is 0 Å². The third-order valence-electron chi connectivity index (χ3n) is 4.10. The summed E-state index contributed by atoms with van der Waals surface area (Å²) in [6, 6.07) is 9.10. The van der Waals surface area contributed by atoms with Gasteiger partial charge in [0, 0.05) is 11.6 Å². The summed E-state index contributed by atoms with van der Waals surface area (Å²) in [4.78, 5) is 35.9. The lowest BCUT2D eigenvalue weighted by Crippen LogP contribution is -2.31. The van der Waals surface area contributed by atoms with Crippen LogP contribution in [0, 0.1) is 11.6 Å². The number of H-pyrrole nitrogens is 1. The summed E-state index contributed by atoms with van der Waals surface area (Å²) in [5.41, 5.74) is -1.18. The second-order valence-corrected chi connectivity index (χ2v) is 6.47. The van der Waals surface area contributed by atoms with Crippen LogP contribution < -0.4 is 10.9 Å². The Balaban J connectivity index is 1.92. The van der Waals surface area contributed by atoms with Gasteiger partial charge in [0.05, 0.1) is 17.5 Å². The number of aliphatic carboxylic acids is 1. The molecule has 29 heavy (non-hydrogen) atoms. The maximum atomic E-state index is 14.3. The van der Waals surface area contributed by atoms with E-state index >= 15 is 0 Å². The predicted octanol–water partition coefficient (Wildman–Crippen LogP) is 3.04. The van der Waals surface area contributed by atoms with Gasteiger partial charge in [-0.05, 0) is 18.2 Å². The standard InChI is InChI=1S/C19H14ClF2N3O4/c20-11-5-3-4-10(18(11)22)13(9-17(27)28)23-19(29)14-8-16(26)25(24-14)15-7-2-1-6-12(15)21/h1-8,13,24H,9H2,(H,23,29)(H,27,28). The van der Waals surface area contributed by atoms with Crippen LogP contribution in [0.25, 0.3) is 5.69 Å². The normalized spacial score (nSPS) is 11.8. The minimum atomic E-state index is -1.29. The molecule has 0 bridgehead atoms. The van der Waals surface area contributed by atoms with Gasteiger partial charge in [-0.1, -0.05) is 35.9 Å². The molecule has 0 saturated carbocycles. The van der Waals surface area contributed by atoms with E-state index in [1.807, 2.05) is 0 Å². The van der Waals surface area contributed by atoms with Crippen molar-refractivity contribution in [3.8, 4) is 5.69 Å². The number of nitrogens with zero attached hydrogens (tertiary/aromatic N) is 1. The summed E-state index contributed by atoms with van der Waals surface area (Å²) in [5.74, 6) is -3.71. The summed E-state index contributed by atoms with van der Waals surface area (Å²) in [7, 11) is 0. The van der Waals surface area contributed by atoms with Crippen LogP contribution in [0.4, 0.5) is 8.78 Å². The second kappa shape index (κ2) is 8.27. The fourth-order valence-corrected chi connectivity index (χ4v) is 2.94.